The zero-order valence-corrected chi connectivity index (χ0v) is 15.8. The first-order chi connectivity index (χ1) is 10.3. The zero-order chi connectivity index (χ0) is 16.9. The Hall–Kier alpha value is -1.36. The van der Waals surface area contributed by atoms with Crippen molar-refractivity contribution in [2.75, 3.05) is 6.61 Å². The van der Waals surface area contributed by atoms with Gasteiger partial charge in [-0.3, -0.25) is 4.98 Å². The highest BCUT2D eigenvalue weighted by atomic mass is 28.4. The van der Waals surface area contributed by atoms with E-state index in [0.717, 1.165) is 0 Å². The number of hydrogen-bond acceptors (Lipinski definition) is 4. The van der Waals surface area contributed by atoms with Crippen molar-refractivity contribution in [3.8, 4) is 5.75 Å². The van der Waals surface area contributed by atoms with Crippen LogP contribution in [0.1, 0.15) is 58.8 Å². The molecular formula is C17H29NO3Si. The second-order valence-electron chi connectivity index (χ2n) is 6.55. The Morgan fingerprint density at radius 2 is 1.64 bits per heavy atom. The summed E-state index contributed by atoms with van der Waals surface area (Å²) >= 11 is 0. The number of nitrogens with zero attached hydrogens (tertiary/aromatic N) is 1. The second kappa shape index (κ2) is 7.77. The summed E-state index contributed by atoms with van der Waals surface area (Å²) in [5.41, 5.74) is 1.86. The second-order valence-corrected chi connectivity index (χ2v) is 11.9. The summed E-state index contributed by atoms with van der Waals surface area (Å²) in [6, 6.07) is 1.75. The van der Waals surface area contributed by atoms with Crippen LogP contribution in [0.3, 0.4) is 0 Å². The molecule has 124 valence electrons. The lowest BCUT2D eigenvalue weighted by molar-refractivity contribution is 0.0525. The molecule has 4 nitrogen and oxygen atoms in total. The number of carbonyl (C=O) groups is 1. The van der Waals surface area contributed by atoms with Gasteiger partial charge in [-0.1, -0.05) is 41.5 Å². The van der Waals surface area contributed by atoms with Crippen LogP contribution < -0.4 is 4.43 Å². The Morgan fingerprint density at radius 3 is 2.09 bits per heavy atom. The summed E-state index contributed by atoms with van der Waals surface area (Å²) in [5, 5.41) is 0. The quantitative estimate of drug-likeness (QED) is 0.533. The van der Waals surface area contributed by atoms with E-state index in [1.165, 1.54) is 6.20 Å². The fourth-order valence-electron chi connectivity index (χ4n) is 3.36. The molecule has 0 radical (unpaired) electrons. The van der Waals surface area contributed by atoms with Crippen LogP contribution >= 0.6 is 0 Å². The van der Waals surface area contributed by atoms with Gasteiger partial charge in [-0.15, -0.1) is 0 Å². The first kappa shape index (κ1) is 18.7. The van der Waals surface area contributed by atoms with Gasteiger partial charge in [-0.05, 0) is 29.6 Å². The summed E-state index contributed by atoms with van der Waals surface area (Å²) in [5.74, 6) is 0.319. The van der Waals surface area contributed by atoms with Gasteiger partial charge >= 0.3 is 5.97 Å². The molecule has 0 aromatic carbocycles. The first-order valence-corrected chi connectivity index (χ1v) is 10.2. The van der Waals surface area contributed by atoms with Crippen molar-refractivity contribution in [1.82, 2.24) is 4.98 Å². The minimum atomic E-state index is -2.04. The van der Waals surface area contributed by atoms with Crippen molar-refractivity contribution in [3.63, 3.8) is 0 Å². The predicted molar refractivity (Wildman–Crippen MR) is 91.9 cm³/mol. The van der Waals surface area contributed by atoms with E-state index in [4.69, 9.17) is 9.16 Å². The fraction of sp³-hybridized carbons (Fsp3) is 0.647. The Balaban J connectivity index is 3.14. The lowest BCUT2D eigenvalue weighted by Gasteiger charge is -2.42. The van der Waals surface area contributed by atoms with Crippen molar-refractivity contribution in [2.24, 2.45) is 0 Å². The molecule has 0 bridgehead atoms. The summed E-state index contributed by atoms with van der Waals surface area (Å²) in [6.07, 6.45) is 3.21. The lowest BCUT2D eigenvalue weighted by Crippen LogP contribution is -2.50. The monoisotopic (exact) mass is 323 g/mol. The van der Waals surface area contributed by atoms with Gasteiger partial charge in [0, 0.05) is 6.20 Å². The number of hydrogen-bond donors (Lipinski definition) is 0. The van der Waals surface area contributed by atoms with Gasteiger partial charge in [0.15, 0.2) is 0 Å². The maximum Gasteiger partial charge on any atom is 0.339 e. The van der Waals surface area contributed by atoms with E-state index in [1.807, 2.05) is 0 Å². The Labute approximate surface area is 135 Å². The van der Waals surface area contributed by atoms with E-state index in [1.54, 1.807) is 19.2 Å². The Morgan fingerprint density at radius 1 is 1.09 bits per heavy atom. The smallest absolute Gasteiger partial charge is 0.339 e. The van der Waals surface area contributed by atoms with Crippen LogP contribution in [-0.4, -0.2) is 25.9 Å². The molecule has 0 saturated carbocycles. The molecule has 22 heavy (non-hydrogen) atoms. The first-order valence-electron chi connectivity index (χ1n) is 8.06. The SMILES string of the molecule is CCOC(=O)c1cncc(O[Si](C(C)C)(C(C)C)C(C)C)c1. The van der Waals surface area contributed by atoms with Gasteiger partial charge in [-0.25, -0.2) is 4.79 Å². The molecule has 0 fully saturated rings. The molecule has 1 aromatic rings. The number of pyridine rings is 1. The van der Waals surface area contributed by atoms with Crippen LogP contribution in [0.2, 0.25) is 16.6 Å². The molecule has 0 amide bonds. The van der Waals surface area contributed by atoms with Crippen LogP contribution in [0.4, 0.5) is 0 Å². The van der Waals surface area contributed by atoms with Gasteiger partial charge in [0.2, 0.25) is 0 Å². The molecule has 1 rings (SSSR count). The number of ether oxygens (including phenoxy) is 1. The van der Waals surface area contributed by atoms with E-state index in [2.05, 4.69) is 46.5 Å². The third-order valence-corrected chi connectivity index (χ3v) is 10.2. The molecule has 0 N–H and O–H groups in total. The number of aromatic nitrogens is 1. The summed E-state index contributed by atoms with van der Waals surface area (Å²) < 4.78 is 11.6. The average molecular weight is 324 g/mol. The van der Waals surface area contributed by atoms with Gasteiger partial charge in [0.05, 0.1) is 18.4 Å². The molecule has 1 aromatic heterocycles. The van der Waals surface area contributed by atoms with E-state index in [0.29, 0.717) is 34.5 Å². The molecule has 0 aliphatic rings. The maximum absolute atomic E-state index is 11.9. The van der Waals surface area contributed by atoms with Crippen molar-refractivity contribution in [2.45, 2.75) is 65.1 Å². The topological polar surface area (TPSA) is 48.4 Å². The highest BCUT2D eigenvalue weighted by Crippen LogP contribution is 2.42. The fourth-order valence-corrected chi connectivity index (χ4v) is 8.59. The summed E-state index contributed by atoms with van der Waals surface area (Å²) in [7, 11) is -2.04. The van der Waals surface area contributed by atoms with Gasteiger partial charge < -0.3 is 9.16 Å². The largest absolute Gasteiger partial charge is 0.542 e. The van der Waals surface area contributed by atoms with Gasteiger partial charge in [0.25, 0.3) is 8.32 Å². The standard InChI is InChI=1S/C17H29NO3Si/c1-8-20-17(19)15-9-16(11-18-10-15)21-22(12(2)3,13(4)5)14(6)7/h9-14H,8H2,1-7H3. The van der Waals surface area contributed by atoms with Crippen molar-refractivity contribution in [1.29, 1.82) is 0 Å². The van der Waals surface area contributed by atoms with Crippen molar-refractivity contribution in [3.05, 3.63) is 24.0 Å². The normalized spacial score (nSPS) is 12.1. The van der Waals surface area contributed by atoms with E-state index in [-0.39, 0.29) is 5.97 Å². The molecule has 0 saturated heterocycles. The van der Waals surface area contributed by atoms with Crippen LogP contribution in [-0.2, 0) is 4.74 Å². The summed E-state index contributed by atoms with van der Waals surface area (Å²) in [4.78, 5) is 16.0. The number of carbonyl (C=O) groups excluding carboxylic acids is 1. The van der Waals surface area contributed by atoms with Crippen LogP contribution in [0, 0.1) is 0 Å². The van der Waals surface area contributed by atoms with Crippen LogP contribution in [0.15, 0.2) is 18.5 Å². The van der Waals surface area contributed by atoms with Crippen LogP contribution in [0.25, 0.3) is 0 Å². The molecule has 0 spiro atoms. The minimum absolute atomic E-state index is 0.354. The molecule has 1 heterocycles. The van der Waals surface area contributed by atoms with Gasteiger partial charge in [-0.2, -0.15) is 0 Å². The van der Waals surface area contributed by atoms with E-state index in [9.17, 15) is 4.79 Å². The molecule has 0 unspecified atom stereocenters. The van der Waals surface area contributed by atoms with E-state index < -0.39 is 8.32 Å². The highest BCUT2D eigenvalue weighted by Gasteiger charge is 2.47. The zero-order valence-electron chi connectivity index (χ0n) is 14.8. The van der Waals surface area contributed by atoms with Crippen LogP contribution in [0.5, 0.6) is 5.75 Å². The van der Waals surface area contributed by atoms with Crippen molar-refractivity contribution >= 4 is 14.3 Å². The molecule has 0 aliphatic heterocycles. The third-order valence-electron chi connectivity index (χ3n) is 4.23. The molecule has 5 heteroatoms. The third kappa shape index (κ3) is 3.88. The molecule has 0 atom stereocenters. The average Bonchev–Trinajstić information content (AvgIpc) is 2.44. The van der Waals surface area contributed by atoms with Gasteiger partial charge in [0.1, 0.15) is 5.75 Å². The van der Waals surface area contributed by atoms with E-state index >= 15 is 0 Å². The Kier molecular flexibility index (Phi) is 6.60. The predicted octanol–water partition coefficient (Wildman–Crippen LogP) is 4.81. The molecule has 0 aliphatic carbocycles. The Bertz CT molecular complexity index is 479. The van der Waals surface area contributed by atoms with Crippen molar-refractivity contribution < 1.29 is 14.0 Å². The minimum Gasteiger partial charge on any atom is -0.542 e. The molecular weight excluding hydrogens is 294 g/mol. The number of rotatable bonds is 7. The maximum atomic E-state index is 11.9. The lowest BCUT2D eigenvalue weighted by atomic mass is 10.3. The summed E-state index contributed by atoms with van der Waals surface area (Å²) in [6.45, 7) is 15.5. The highest BCUT2D eigenvalue weighted by molar-refractivity contribution is 6.78. The number of esters is 1.